The molecular weight excluding hydrogens is 270 g/mol. The number of hydrogen-bond donors (Lipinski definition) is 0. The van der Waals surface area contributed by atoms with E-state index in [2.05, 4.69) is 4.90 Å². The van der Waals surface area contributed by atoms with Gasteiger partial charge in [0.25, 0.3) is 0 Å². The van der Waals surface area contributed by atoms with Gasteiger partial charge in [0.1, 0.15) is 0 Å². The minimum atomic E-state index is 0. The Balaban J connectivity index is 0.00000121. The fourth-order valence-electron chi connectivity index (χ4n) is 5.94. The number of Topliss-reactive ketones (excluding diaryl/α,β-unsaturated/α-hetero) is 1. The van der Waals surface area contributed by atoms with E-state index in [1.807, 2.05) is 0 Å². The Morgan fingerprint density at radius 3 is 1.90 bits per heavy atom. The third-order valence-corrected chi connectivity index (χ3v) is 6.45. The Morgan fingerprint density at radius 1 is 0.900 bits per heavy atom. The lowest BCUT2D eigenvalue weighted by Crippen LogP contribution is -2.52. The highest BCUT2D eigenvalue weighted by molar-refractivity contribution is 5.87. The van der Waals surface area contributed by atoms with Crippen LogP contribution in [0.1, 0.15) is 57.8 Å². The number of halogens is 1. The molecule has 1 saturated heterocycles. The summed E-state index contributed by atoms with van der Waals surface area (Å²) >= 11 is 0. The summed E-state index contributed by atoms with van der Waals surface area (Å²) in [5, 5.41) is 0. The lowest BCUT2D eigenvalue weighted by Gasteiger charge is -2.56. The number of ketones is 1. The molecule has 0 aromatic carbocycles. The molecule has 114 valence electrons. The van der Waals surface area contributed by atoms with E-state index in [-0.39, 0.29) is 17.8 Å². The second-order valence-corrected chi connectivity index (χ2v) is 7.96. The number of hydrogen-bond acceptors (Lipinski definition) is 2. The van der Waals surface area contributed by atoms with Crippen molar-refractivity contribution in [3.8, 4) is 0 Å². The number of carbonyl (C=O) groups is 1. The fourth-order valence-corrected chi connectivity index (χ4v) is 5.94. The van der Waals surface area contributed by atoms with Crippen LogP contribution in [0.4, 0.5) is 0 Å². The first-order chi connectivity index (χ1) is 9.23. The van der Waals surface area contributed by atoms with Crippen LogP contribution in [0.5, 0.6) is 0 Å². The maximum absolute atomic E-state index is 12.9. The third kappa shape index (κ3) is 2.54. The molecule has 20 heavy (non-hydrogen) atoms. The van der Waals surface area contributed by atoms with Crippen molar-refractivity contribution < 1.29 is 4.79 Å². The molecule has 1 heterocycles. The Bertz CT molecular complexity index is 340. The van der Waals surface area contributed by atoms with Gasteiger partial charge in [0.15, 0.2) is 5.78 Å². The molecule has 0 atom stereocenters. The molecule has 0 amide bonds. The molecule has 0 N–H and O–H groups in total. The molecular formula is C17H28ClNO. The Labute approximate surface area is 129 Å². The molecule has 5 aliphatic rings. The summed E-state index contributed by atoms with van der Waals surface area (Å²) in [4.78, 5) is 15.4. The Kier molecular flexibility index (Phi) is 4.16. The molecule has 0 aromatic heterocycles. The standard InChI is InChI=1S/C17H27NO.ClH/c19-16(12-18-4-2-1-3-5-18)17-9-13-6-14(10-17)8-15(7-13)11-17;/h13-15H,1-12H2;1H. The summed E-state index contributed by atoms with van der Waals surface area (Å²) in [7, 11) is 0. The molecule has 5 fully saturated rings. The molecule has 1 aliphatic heterocycles. The highest BCUT2D eigenvalue weighted by Gasteiger charge is 2.54. The molecule has 4 bridgehead atoms. The van der Waals surface area contributed by atoms with E-state index in [9.17, 15) is 4.79 Å². The van der Waals surface area contributed by atoms with Crippen LogP contribution in [0, 0.1) is 23.2 Å². The number of nitrogens with zero attached hydrogens (tertiary/aromatic N) is 1. The number of rotatable bonds is 3. The summed E-state index contributed by atoms with van der Waals surface area (Å²) in [6.07, 6.45) is 12.0. The number of likely N-dealkylation sites (tertiary alicyclic amines) is 1. The largest absolute Gasteiger partial charge is 0.298 e. The summed E-state index contributed by atoms with van der Waals surface area (Å²) < 4.78 is 0. The highest BCUT2D eigenvalue weighted by atomic mass is 35.5. The topological polar surface area (TPSA) is 20.3 Å². The molecule has 0 unspecified atom stereocenters. The Morgan fingerprint density at radius 2 is 1.40 bits per heavy atom. The maximum Gasteiger partial charge on any atom is 0.152 e. The van der Waals surface area contributed by atoms with E-state index >= 15 is 0 Å². The lowest BCUT2D eigenvalue weighted by atomic mass is 9.48. The minimum Gasteiger partial charge on any atom is -0.298 e. The Hall–Kier alpha value is -0.0800. The van der Waals surface area contributed by atoms with Crippen LogP contribution in [0.2, 0.25) is 0 Å². The second-order valence-electron chi connectivity index (χ2n) is 7.96. The zero-order valence-corrected chi connectivity index (χ0v) is 13.3. The molecule has 0 radical (unpaired) electrons. The van der Waals surface area contributed by atoms with Gasteiger partial charge >= 0.3 is 0 Å². The zero-order valence-electron chi connectivity index (χ0n) is 12.5. The summed E-state index contributed by atoms with van der Waals surface area (Å²) in [6.45, 7) is 3.10. The predicted molar refractivity (Wildman–Crippen MR) is 83.2 cm³/mol. The lowest BCUT2D eigenvalue weighted by molar-refractivity contribution is -0.145. The molecule has 3 heteroatoms. The van der Waals surface area contributed by atoms with Gasteiger partial charge in [-0.15, -0.1) is 12.4 Å². The average Bonchev–Trinajstić information content (AvgIpc) is 2.38. The normalized spacial score (nSPS) is 43.3. The zero-order chi connectivity index (χ0) is 12.9. The minimum absolute atomic E-state index is 0. The van der Waals surface area contributed by atoms with Crippen LogP contribution in [0.25, 0.3) is 0 Å². The summed E-state index contributed by atoms with van der Waals surface area (Å²) in [5.41, 5.74) is 0.131. The van der Waals surface area contributed by atoms with Gasteiger partial charge in [-0.2, -0.15) is 0 Å². The third-order valence-electron chi connectivity index (χ3n) is 6.45. The van der Waals surface area contributed by atoms with Gasteiger partial charge in [-0.3, -0.25) is 9.69 Å². The average molecular weight is 298 g/mol. The summed E-state index contributed by atoms with van der Waals surface area (Å²) in [6, 6.07) is 0. The number of piperidine rings is 1. The van der Waals surface area contributed by atoms with E-state index in [1.54, 1.807) is 0 Å². The molecule has 0 spiro atoms. The SMILES string of the molecule is Cl.O=C(CN1CCCCC1)C12CC3CC(CC(C3)C1)C2. The van der Waals surface area contributed by atoms with Crippen molar-refractivity contribution >= 4 is 18.2 Å². The molecule has 4 aliphatic carbocycles. The van der Waals surface area contributed by atoms with Gasteiger partial charge in [0.05, 0.1) is 6.54 Å². The van der Waals surface area contributed by atoms with Crippen molar-refractivity contribution in [2.45, 2.75) is 57.8 Å². The molecule has 0 aromatic rings. The van der Waals surface area contributed by atoms with Crippen LogP contribution in [0.3, 0.4) is 0 Å². The van der Waals surface area contributed by atoms with Crippen LogP contribution >= 0.6 is 12.4 Å². The van der Waals surface area contributed by atoms with Gasteiger partial charge in [-0.05, 0) is 82.2 Å². The van der Waals surface area contributed by atoms with Crippen LogP contribution in [0.15, 0.2) is 0 Å². The molecule has 4 saturated carbocycles. The van der Waals surface area contributed by atoms with Gasteiger partial charge in [-0.25, -0.2) is 0 Å². The molecule has 2 nitrogen and oxygen atoms in total. The highest BCUT2D eigenvalue weighted by Crippen LogP contribution is 2.60. The fraction of sp³-hybridized carbons (Fsp3) is 0.941. The maximum atomic E-state index is 12.9. The predicted octanol–water partition coefficient (Wildman–Crippen LogP) is 3.68. The van der Waals surface area contributed by atoms with Crippen LogP contribution in [-0.4, -0.2) is 30.3 Å². The first kappa shape index (κ1) is 14.8. The smallest absolute Gasteiger partial charge is 0.152 e. The quantitative estimate of drug-likeness (QED) is 0.792. The van der Waals surface area contributed by atoms with Crippen molar-refractivity contribution in [3.05, 3.63) is 0 Å². The van der Waals surface area contributed by atoms with Gasteiger partial charge in [0, 0.05) is 5.41 Å². The second kappa shape index (κ2) is 5.61. The van der Waals surface area contributed by atoms with Crippen molar-refractivity contribution in [1.29, 1.82) is 0 Å². The van der Waals surface area contributed by atoms with E-state index in [4.69, 9.17) is 0 Å². The van der Waals surface area contributed by atoms with E-state index < -0.39 is 0 Å². The van der Waals surface area contributed by atoms with Gasteiger partial charge in [-0.1, -0.05) is 6.42 Å². The van der Waals surface area contributed by atoms with E-state index in [1.165, 1.54) is 57.8 Å². The number of carbonyl (C=O) groups excluding carboxylic acids is 1. The van der Waals surface area contributed by atoms with Crippen molar-refractivity contribution in [1.82, 2.24) is 4.90 Å². The van der Waals surface area contributed by atoms with Crippen LogP contribution < -0.4 is 0 Å². The molecule has 5 rings (SSSR count). The van der Waals surface area contributed by atoms with Crippen molar-refractivity contribution in [2.24, 2.45) is 23.2 Å². The van der Waals surface area contributed by atoms with Crippen LogP contribution in [-0.2, 0) is 4.79 Å². The first-order valence-electron chi connectivity index (χ1n) is 8.49. The first-order valence-corrected chi connectivity index (χ1v) is 8.49. The van der Waals surface area contributed by atoms with Crippen molar-refractivity contribution in [3.63, 3.8) is 0 Å². The van der Waals surface area contributed by atoms with Gasteiger partial charge in [0.2, 0.25) is 0 Å². The van der Waals surface area contributed by atoms with Crippen molar-refractivity contribution in [2.75, 3.05) is 19.6 Å². The van der Waals surface area contributed by atoms with Gasteiger partial charge < -0.3 is 0 Å². The monoisotopic (exact) mass is 297 g/mol. The summed E-state index contributed by atoms with van der Waals surface area (Å²) in [5.74, 6) is 3.32. The van der Waals surface area contributed by atoms with E-state index in [0.717, 1.165) is 37.4 Å². The van der Waals surface area contributed by atoms with E-state index in [0.29, 0.717) is 5.78 Å².